The van der Waals surface area contributed by atoms with Gasteiger partial charge in [-0.05, 0) is 26.0 Å². The van der Waals surface area contributed by atoms with Crippen molar-refractivity contribution in [2.24, 2.45) is 5.73 Å². The van der Waals surface area contributed by atoms with E-state index < -0.39 is 6.03 Å². The Morgan fingerprint density at radius 1 is 1.38 bits per heavy atom. The summed E-state index contributed by atoms with van der Waals surface area (Å²) in [5, 5.41) is 0. The first kappa shape index (κ1) is 9.58. The highest BCUT2D eigenvalue weighted by Gasteiger charge is 2.08. The van der Waals surface area contributed by atoms with Crippen LogP contribution in [0.15, 0.2) is 24.3 Å². The third-order valence-electron chi connectivity index (χ3n) is 1.93. The smallest absolute Gasteiger partial charge is 0.319 e. The number of benzene rings is 1. The van der Waals surface area contributed by atoms with Crippen molar-refractivity contribution in [3.8, 4) is 0 Å². The largest absolute Gasteiger partial charge is 0.351 e. The summed E-state index contributed by atoms with van der Waals surface area (Å²) in [6.45, 7) is 4.49. The van der Waals surface area contributed by atoms with Gasteiger partial charge in [-0.25, -0.2) is 4.79 Å². The molecule has 0 fully saturated rings. The van der Waals surface area contributed by atoms with E-state index in [2.05, 4.69) is 0 Å². The van der Waals surface area contributed by atoms with Gasteiger partial charge >= 0.3 is 6.03 Å². The highest BCUT2D eigenvalue weighted by Crippen LogP contribution is 2.14. The molecule has 0 radical (unpaired) electrons. The number of nitrogens with zero attached hydrogens (tertiary/aromatic N) is 1. The van der Waals surface area contributed by atoms with Gasteiger partial charge in [-0.2, -0.15) is 0 Å². The van der Waals surface area contributed by atoms with Crippen LogP contribution in [-0.2, 0) is 0 Å². The molecule has 1 rings (SSSR count). The number of aryl methyl sites for hydroxylation is 1. The number of hydrogen-bond donors (Lipinski definition) is 1. The Morgan fingerprint density at radius 2 is 1.92 bits per heavy atom. The van der Waals surface area contributed by atoms with Crippen LogP contribution < -0.4 is 10.6 Å². The summed E-state index contributed by atoms with van der Waals surface area (Å²) < 4.78 is 0. The van der Waals surface area contributed by atoms with E-state index in [1.165, 1.54) is 10.5 Å². The molecule has 3 heteroatoms. The van der Waals surface area contributed by atoms with Crippen LogP contribution in [0.25, 0.3) is 0 Å². The Morgan fingerprint density at radius 3 is 2.31 bits per heavy atom. The van der Waals surface area contributed by atoms with E-state index in [1.807, 2.05) is 38.1 Å². The molecule has 0 saturated heterocycles. The standard InChI is InChI=1S/C10H14N2O/c1-3-12(10(11)13)9-6-4-8(2)5-7-9/h4-7H,3H2,1-2H3,(H2,11,13). The first-order valence-corrected chi connectivity index (χ1v) is 4.28. The molecule has 0 aromatic heterocycles. The van der Waals surface area contributed by atoms with Crippen LogP contribution in [-0.4, -0.2) is 12.6 Å². The van der Waals surface area contributed by atoms with Gasteiger partial charge in [0.25, 0.3) is 0 Å². The van der Waals surface area contributed by atoms with Crippen molar-refractivity contribution in [2.75, 3.05) is 11.4 Å². The molecule has 2 N–H and O–H groups in total. The third kappa shape index (κ3) is 2.21. The zero-order valence-electron chi connectivity index (χ0n) is 7.95. The topological polar surface area (TPSA) is 46.3 Å². The summed E-state index contributed by atoms with van der Waals surface area (Å²) in [5.41, 5.74) is 7.22. The Kier molecular flexibility index (Phi) is 2.90. The van der Waals surface area contributed by atoms with E-state index in [1.54, 1.807) is 0 Å². The zero-order valence-corrected chi connectivity index (χ0v) is 7.95. The number of anilines is 1. The number of amides is 2. The van der Waals surface area contributed by atoms with Gasteiger partial charge in [-0.3, -0.25) is 4.90 Å². The number of hydrogen-bond acceptors (Lipinski definition) is 1. The molecule has 1 aromatic carbocycles. The number of nitrogens with two attached hydrogens (primary N) is 1. The Labute approximate surface area is 78.2 Å². The quantitative estimate of drug-likeness (QED) is 0.738. The van der Waals surface area contributed by atoms with Gasteiger partial charge in [0, 0.05) is 12.2 Å². The van der Waals surface area contributed by atoms with Crippen molar-refractivity contribution in [1.82, 2.24) is 0 Å². The fourth-order valence-electron chi connectivity index (χ4n) is 1.19. The van der Waals surface area contributed by atoms with Crippen LogP contribution in [0.4, 0.5) is 10.5 Å². The summed E-state index contributed by atoms with van der Waals surface area (Å²) in [6, 6.07) is 7.29. The zero-order chi connectivity index (χ0) is 9.84. The summed E-state index contributed by atoms with van der Waals surface area (Å²) in [7, 11) is 0. The van der Waals surface area contributed by atoms with E-state index in [0.29, 0.717) is 6.54 Å². The van der Waals surface area contributed by atoms with Gasteiger partial charge in [-0.1, -0.05) is 17.7 Å². The molecule has 0 atom stereocenters. The van der Waals surface area contributed by atoms with Gasteiger partial charge in [0.2, 0.25) is 0 Å². The van der Waals surface area contributed by atoms with Gasteiger partial charge in [-0.15, -0.1) is 0 Å². The van der Waals surface area contributed by atoms with Gasteiger partial charge in [0.05, 0.1) is 0 Å². The fourth-order valence-corrected chi connectivity index (χ4v) is 1.19. The molecule has 0 aliphatic heterocycles. The second-order valence-electron chi connectivity index (χ2n) is 2.92. The molecule has 0 aliphatic carbocycles. The molecule has 0 spiro atoms. The molecule has 1 aromatic rings. The number of urea groups is 1. The summed E-state index contributed by atoms with van der Waals surface area (Å²) in [4.78, 5) is 12.5. The minimum atomic E-state index is -0.411. The molecule has 0 saturated carbocycles. The molecular weight excluding hydrogens is 164 g/mol. The van der Waals surface area contributed by atoms with Crippen LogP contribution in [0.2, 0.25) is 0 Å². The van der Waals surface area contributed by atoms with Crippen LogP contribution in [0.3, 0.4) is 0 Å². The molecule has 0 aliphatic rings. The lowest BCUT2D eigenvalue weighted by Gasteiger charge is -2.18. The number of primary amides is 1. The minimum absolute atomic E-state index is 0.411. The highest BCUT2D eigenvalue weighted by molar-refractivity contribution is 5.90. The maximum atomic E-state index is 11.0. The number of carbonyl (C=O) groups is 1. The van der Waals surface area contributed by atoms with Crippen molar-refractivity contribution in [2.45, 2.75) is 13.8 Å². The molecule has 13 heavy (non-hydrogen) atoms. The van der Waals surface area contributed by atoms with Crippen LogP contribution in [0, 0.1) is 6.92 Å². The minimum Gasteiger partial charge on any atom is -0.351 e. The van der Waals surface area contributed by atoms with Crippen molar-refractivity contribution in [1.29, 1.82) is 0 Å². The van der Waals surface area contributed by atoms with E-state index in [9.17, 15) is 4.79 Å². The molecule has 0 unspecified atom stereocenters. The van der Waals surface area contributed by atoms with E-state index in [-0.39, 0.29) is 0 Å². The third-order valence-corrected chi connectivity index (χ3v) is 1.93. The molecular formula is C10H14N2O. The Balaban J connectivity index is 2.92. The first-order valence-electron chi connectivity index (χ1n) is 4.28. The SMILES string of the molecule is CCN(C(N)=O)c1ccc(C)cc1. The second-order valence-corrected chi connectivity index (χ2v) is 2.92. The van der Waals surface area contributed by atoms with E-state index >= 15 is 0 Å². The van der Waals surface area contributed by atoms with Gasteiger partial charge < -0.3 is 5.73 Å². The summed E-state index contributed by atoms with van der Waals surface area (Å²) in [5.74, 6) is 0. The van der Waals surface area contributed by atoms with Crippen LogP contribution in [0.1, 0.15) is 12.5 Å². The van der Waals surface area contributed by atoms with E-state index in [4.69, 9.17) is 5.73 Å². The summed E-state index contributed by atoms with van der Waals surface area (Å²) >= 11 is 0. The lowest BCUT2D eigenvalue weighted by atomic mass is 10.2. The predicted octanol–water partition coefficient (Wildman–Crippen LogP) is 1.90. The lowest BCUT2D eigenvalue weighted by Crippen LogP contribution is -2.35. The van der Waals surface area contributed by atoms with E-state index in [0.717, 1.165) is 5.69 Å². The monoisotopic (exact) mass is 178 g/mol. The maximum Gasteiger partial charge on any atom is 0.319 e. The average molecular weight is 178 g/mol. The Bertz CT molecular complexity index is 292. The highest BCUT2D eigenvalue weighted by atomic mass is 16.2. The predicted molar refractivity (Wildman–Crippen MR) is 53.8 cm³/mol. The lowest BCUT2D eigenvalue weighted by molar-refractivity contribution is 0.254. The van der Waals surface area contributed by atoms with Crippen molar-refractivity contribution in [3.63, 3.8) is 0 Å². The van der Waals surface area contributed by atoms with Crippen LogP contribution >= 0.6 is 0 Å². The number of carbonyl (C=O) groups excluding carboxylic acids is 1. The van der Waals surface area contributed by atoms with Gasteiger partial charge in [0.1, 0.15) is 0 Å². The maximum absolute atomic E-state index is 11.0. The van der Waals surface area contributed by atoms with Crippen LogP contribution in [0.5, 0.6) is 0 Å². The number of rotatable bonds is 2. The summed E-state index contributed by atoms with van der Waals surface area (Å²) in [6.07, 6.45) is 0. The molecule has 3 nitrogen and oxygen atoms in total. The van der Waals surface area contributed by atoms with Crippen molar-refractivity contribution in [3.05, 3.63) is 29.8 Å². The fraction of sp³-hybridized carbons (Fsp3) is 0.300. The van der Waals surface area contributed by atoms with Gasteiger partial charge in [0.15, 0.2) is 0 Å². The van der Waals surface area contributed by atoms with Crippen molar-refractivity contribution < 1.29 is 4.79 Å². The average Bonchev–Trinajstić information content (AvgIpc) is 2.09. The molecule has 2 amide bonds. The molecule has 70 valence electrons. The van der Waals surface area contributed by atoms with Crippen molar-refractivity contribution >= 4 is 11.7 Å². The normalized spacial score (nSPS) is 9.69. The second kappa shape index (κ2) is 3.94. The molecule has 0 heterocycles. The molecule has 0 bridgehead atoms. The first-order chi connectivity index (χ1) is 6.15. The Hall–Kier alpha value is -1.51.